The maximum absolute atomic E-state index is 5.25. The molecular weight excluding hydrogens is 224 g/mol. The van der Waals surface area contributed by atoms with E-state index in [4.69, 9.17) is 4.74 Å². The molecule has 1 aliphatic rings. The third-order valence-electron chi connectivity index (χ3n) is 3.71. The summed E-state index contributed by atoms with van der Waals surface area (Å²) in [5.74, 6) is 0.920. The van der Waals surface area contributed by atoms with Gasteiger partial charge in [-0.2, -0.15) is 0 Å². The Hall–Kier alpha value is -1.22. The van der Waals surface area contributed by atoms with Gasteiger partial charge in [-0.15, -0.1) is 0 Å². The maximum Gasteiger partial charge on any atom is 0.120 e. The van der Waals surface area contributed by atoms with Gasteiger partial charge >= 0.3 is 0 Å². The minimum Gasteiger partial charge on any atom is -0.497 e. The molecule has 18 heavy (non-hydrogen) atoms. The summed E-state index contributed by atoms with van der Waals surface area (Å²) >= 11 is 0. The van der Waals surface area contributed by atoms with Gasteiger partial charge in [0, 0.05) is 24.3 Å². The maximum atomic E-state index is 5.25. The Bertz CT molecular complexity index is 367. The molecular formula is C15H24N2O. The van der Waals surface area contributed by atoms with Gasteiger partial charge in [0.05, 0.1) is 7.11 Å². The Kier molecular flexibility index (Phi) is 4.88. The highest BCUT2D eigenvalue weighted by molar-refractivity contribution is 5.48. The molecule has 100 valence electrons. The van der Waals surface area contributed by atoms with Crippen molar-refractivity contribution < 1.29 is 4.74 Å². The standard InChI is InChI=1S/C15H24N2O/c1-3-17-10-5-7-13(9-11-17)16-14-6-4-8-15(12-14)18-2/h4,6,8,12-13,16H,3,5,7,9-11H2,1-2H3. The van der Waals surface area contributed by atoms with Crippen LogP contribution in [-0.2, 0) is 0 Å². The Balaban J connectivity index is 1.92. The van der Waals surface area contributed by atoms with Crippen LogP contribution in [0.5, 0.6) is 5.75 Å². The minimum absolute atomic E-state index is 0.591. The lowest BCUT2D eigenvalue weighted by molar-refractivity contribution is 0.300. The molecule has 1 fully saturated rings. The lowest BCUT2D eigenvalue weighted by Crippen LogP contribution is -2.26. The molecule has 1 aromatic carbocycles. The molecule has 0 radical (unpaired) electrons. The number of benzene rings is 1. The number of rotatable bonds is 4. The van der Waals surface area contributed by atoms with Gasteiger partial charge in [0.25, 0.3) is 0 Å². The first-order valence-electron chi connectivity index (χ1n) is 6.94. The molecule has 0 amide bonds. The van der Waals surface area contributed by atoms with Crippen LogP contribution in [0.4, 0.5) is 5.69 Å². The first-order valence-corrected chi connectivity index (χ1v) is 6.94. The summed E-state index contributed by atoms with van der Waals surface area (Å²) in [6, 6.07) is 8.80. The second-order valence-corrected chi connectivity index (χ2v) is 4.94. The van der Waals surface area contributed by atoms with Crippen molar-refractivity contribution in [2.24, 2.45) is 0 Å². The second kappa shape index (κ2) is 6.64. The van der Waals surface area contributed by atoms with Crippen molar-refractivity contribution in [2.45, 2.75) is 32.2 Å². The van der Waals surface area contributed by atoms with E-state index in [1.54, 1.807) is 7.11 Å². The van der Waals surface area contributed by atoms with Gasteiger partial charge in [0.1, 0.15) is 5.75 Å². The predicted molar refractivity (Wildman–Crippen MR) is 76.4 cm³/mol. The highest BCUT2D eigenvalue weighted by Crippen LogP contribution is 2.20. The molecule has 0 bridgehead atoms. The minimum atomic E-state index is 0.591. The average molecular weight is 248 g/mol. The average Bonchev–Trinajstić information content (AvgIpc) is 2.64. The van der Waals surface area contributed by atoms with Crippen LogP contribution in [0.2, 0.25) is 0 Å². The van der Waals surface area contributed by atoms with Crippen LogP contribution in [0.25, 0.3) is 0 Å². The molecule has 1 N–H and O–H groups in total. The van der Waals surface area contributed by atoms with E-state index in [0.717, 1.165) is 5.75 Å². The molecule has 1 atom stereocenters. The van der Waals surface area contributed by atoms with E-state index in [1.165, 1.54) is 44.6 Å². The number of anilines is 1. The number of ether oxygens (including phenoxy) is 1. The zero-order valence-corrected chi connectivity index (χ0v) is 11.5. The molecule has 1 aromatic rings. The topological polar surface area (TPSA) is 24.5 Å². The fourth-order valence-corrected chi connectivity index (χ4v) is 2.56. The summed E-state index contributed by atoms with van der Waals surface area (Å²) in [5, 5.41) is 3.63. The van der Waals surface area contributed by atoms with E-state index in [9.17, 15) is 0 Å². The Morgan fingerprint density at radius 1 is 1.33 bits per heavy atom. The van der Waals surface area contributed by atoms with Crippen molar-refractivity contribution >= 4 is 5.69 Å². The molecule has 1 aliphatic heterocycles. The van der Waals surface area contributed by atoms with Crippen LogP contribution in [0.1, 0.15) is 26.2 Å². The summed E-state index contributed by atoms with van der Waals surface area (Å²) < 4.78 is 5.25. The van der Waals surface area contributed by atoms with Gasteiger partial charge in [-0.25, -0.2) is 0 Å². The molecule has 0 spiro atoms. The van der Waals surface area contributed by atoms with Gasteiger partial charge < -0.3 is 15.0 Å². The van der Waals surface area contributed by atoms with Gasteiger partial charge in [-0.3, -0.25) is 0 Å². The number of methoxy groups -OCH3 is 1. The zero-order chi connectivity index (χ0) is 12.8. The number of hydrogen-bond acceptors (Lipinski definition) is 3. The van der Waals surface area contributed by atoms with Crippen LogP contribution >= 0.6 is 0 Å². The highest BCUT2D eigenvalue weighted by Gasteiger charge is 2.15. The molecule has 2 rings (SSSR count). The summed E-state index contributed by atoms with van der Waals surface area (Å²) in [6.07, 6.45) is 3.77. The van der Waals surface area contributed by atoms with Crippen LogP contribution in [0.15, 0.2) is 24.3 Å². The van der Waals surface area contributed by atoms with Crippen molar-refractivity contribution in [1.82, 2.24) is 4.90 Å². The van der Waals surface area contributed by atoms with E-state index in [0.29, 0.717) is 6.04 Å². The van der Waals surface area contributed by atoms with Crippen LogP contribution in [0.3, 0.4) is 0 Å². The van der Waals surface area contributed by atoms with Gasteiger partial charge in [-0.1, -0.05) is 13.0 Å². The van der Waals surface area contributed by atoms with Crippen molar-refractivity contribution in [3.8, 4) is 5.75 Å². The van der Waals surface area contributed by atoms with Crippen molar-refractivity contribution in [2.75, 3.05) is 32.1 Å². The molecule has 1 saturated heterocycles. The highest BCUT2D eigenvalue weighted by atomic mass is 16.5. The molecule has 1 heterocycles. The smallest absolute Gasteiger partial charge is 0.120 e. The summed E-state index contributed by atoms with van der Waals surface area (Å²) in [7, 11) is 1.71. The molecule has 0 aliphatic carbocycles. The lowest BCUT2D eigenvalue weighted by Gasteiger charge is -2.19. The first kappa shape index (κ1) is 13.2. The van der Waals surface area contributed by atoms with E-state index in [2.05, 4.69) is 29.3 Å². The predicted octanol–water partition coefficient (Wildman–Crippen LogP) is 2.98. The van der Waals surface area contributed by atoms with Crippen molar-refractivity contribution in [3.05, 3.63) is 24.3 Å². The summed E-state index contributed by atoms with van der Waals surface area (Å²) in [6.45, 7) is 5.87. The van der Waals surface area contributed by atoms with E-state index < -0.39 is 0 Å². The normalized spacial score (nSPS) is 21.3. The Morgan fingerprint density at radius 2 is 2.22 bits per heavy atom. The van der Waals surface area contributed by atoms with E-state index in [-0.39, 0.29) is 0 Å². The number of hydrogen-bond donors (Lipinski definition) is 1. The third kappa shape index (κ3) is 3.64. The van der Waals surface area contributed by atoms with E-state index in [1.807, 2.05) is 12.1 Å². The van der Waals surface area contributed by atoms with Gasteiger partial charge in [0.2, 0.25) is 0 Å². The monoisotopic (exact) mass is 248 g/mol. The SMILES string of the molecule is CCN1CCCC(Nc2cccc(OC)c2)CC1. The lowest BCUT2D eigenvalue weighted by atomic mass is 10.1. The fraction of sp³-hybridized carbons (Fsp3) is 0.600. The molecule has 0 aromatic heterocycles. The van der Waals surface area contributed by atoms with E-state index >= 15 is 0 Å². The summed E-state index contributed by atoms with van der Waals surface area (Å²) in [5.41, 5.74) is 1.17. The molecule has 3 nitrogen and oxygen atoms in total. The molecule has 0 saturated carbocycles. The Morgan fingerprint density at radius 3 is 3.00 bits per heavy atom. The summed E-state index contributed by atoms with van der Waals surface area (Å²) in [4.78, 5) is 2.53. The zero-order valence-electron chi connectivity index (χ0n) is 11.5. The van der Waals surface area contributed by atoms with Gasteiger partial charge in [-0.05, 0) is 44.5 Å². The van der Waals surface area contributed by atoms with Crippen molar-refractivity contribution in [1.29, 1.82) is 0 Å². The quantitative estimate of drug-likeness (QED) is 0.886. The number of likely N-dealkylation sites (tertiary alicyclic amines) is 1. The first-order chi connectivity index (χ1) is 8.81. The Labute approximate surface area is 110 Å². The molecule has 1 unspecified atom stereocenters. The number of nitrogens with zero attached hydrogens (tertiary/aromatic N) is 1. The van der Waals surface area contributed by atoms with Crippen molar-refractivity contribution in [3.63, 3.8) is 0 Å². The largest absolute Gasteiger partial charge is 0.497 e. The van der Waals surface area contributed by atoms with Gasteiger partial charge in [0.15, 0.2) is 0 Å². The number of nitrogens with one attached hydrogen (secondary N) is 1. The van der Waals surface area contributed by atoms with Crippen LogP contribution < -0.4 is 10.1 Å². The fourth-order valence-electron chi connectivity index (χ4n) is 2.56. The van der Waals surface area contributed by atoms with Crippen LogP contribution in [-0.4, -0.2) is 37.7 Å². The van der Waals surface area contributed by atoms with Crippen LogP contribution in [0, 0.1) is 0 Å². The second-order valence-electron chi connectivity index (χ2n) is 4.94. The third-order valence-corrected chi connectivity index (χ3v) is 3.71. The molecule has 3 heteroatoms.